The maximum Gasteiger partial charge on any atom is 0.320 e. The lowest BCUT2D eigenvalue weighted by atomic mass is 9.49. The number of hydrogen-bond acceptors (Lipinski definition) is 5. The first kappa shape index (κ1) is 16.5. The van der Waals surface area contributed by atoms with E-state index >= 15 is 0 Å². The molecule has 1 spiro atoms. The number of carbonyl (C=O) groups is 3. The van der Waals surface area contributed by atoms with Crippen LogP contribution in [0.1, 0.15) is 46.0 Å². The minimum absolute atomic E-state index is 0.0883. The number of allylic oxidation sites excluding steroid dienone is 1. The molecule has 2 bridgehead atoms. The van der Waals surface area contributed by atoms with Gasteiger partial charge in [0, 0.05) is 19.3 Å². The Bertz CT molecular complexity index is 691. The molecular weight excluding hydrogens is 332 g/mol. The Balaban J connectivity index is 1.48. The van der Waals surface area contributed by atoms with E-state index in [1.165, 1.54) is 6.92 Å². The van der Waals surface area contributed by atoms with Crippen LogP contribution < -0.4 is 0 Å². The standard InChI is InChI=1S/C21H26O5/c1-10-5-16-15(19(10)25-11(2)22)4-3-12-6-13-7-14-8-18(23)21(13,9-17(12)16)20(24)26-14/h3-4,10,12-17,19H,5-9H2,1-2H3/t10-,12+,13+,14+,15-,16-,17-,19-,21-/m0/s1. The number of hydrogen-bond donors (Lipinski definition) is 0. The molecule has 0 radical (unpaired) electrons. The molecule has 3 saturated carbocycles. The first-order chi connectivity index (χ1) is 12.4. The van der Waals surface area contributed by atoms with Gasteiger partial charge in [0.05, 0.1) is 0 Å². The van der Waals surface area contributed by atoms with Gasteiger partial charge in [-0.2, -0.15) is 0 Å². The fraction of sp³-hybridized carbons (Fsp3) is 0.762. The zero-order chi connectivity index (χ0) is 18.2. The summed E-state index contributed by atoms with van der Waals surface area (Å²) in [4.78, 5) is 37.1. The van der Waals surface area contributed by atoms with Gasteiger partial charge >= 0.3 is 11.9 Å². The van der Waals surface area contributed by atoms with Crippen LogP contribution in [0.4, 0.5) is 0 Å². The molecule has 0 N–H and O–H groups in total. The molecule has 5 nitrogen and oxygen atoms in total. The monoisotopic (exact) mass is 358 g/mol. The number of ether oxygens (including phenoxy) is 2. The van der Waals surface area contributed by atoms with Gasteiger partial charge < -0.3 is 9.47 Å². The third-order valence-electron chi connectivity index (χ3n) is 7.97. The van der Waals surface area contributed by atoms with Gasteiger partial charge in [0.2, 0.25) is 0 Å². The highest BCUT2D eigenvalue weighted by Crippen LogP contribution is 2.61. The van der Waals surface area contributed by atoms with E-state index in [4.69, 9.17) is 9.47 Å². The van der Waals surface area contributed by atoms with Crippen molar-refractivity contribution in [3.8, 4) is 0 Å². The van der Waals surface area contributed by atoms with Crippen molar-refractivity contribution in [2.75, 3.05) is 0 Å². The molecule has 0 amide bonds. The van der Waals surface area contributed by atoms with Crippen molar-refractivity contribution in [2.24, 2.45) is 40.9 Å². The van der Waals surface area contributed by atoms with Crippen molar-refractivity contribution < 1.29 is 23.9 Å². The van der Waals surface area contributed by atoms with Crippen LogP contribution in [0.2, 0.25) is 0 Å². The van der Waals surface area contributed by atoms with Gasteiger partial charge in [0.25, 0.3) is 0 Å². The maximum atomic E-state index is 12.9. The Hall–Kier alpha value is -1.65. The lowest BCUT2D eigenvalue weighted by Crippen LogP contribution is -2.62. The molecule has 2 heterocycles. The molecule has 5 heteroatoms. The van der Waals surface area contributed by atoms with Crippen LogP contribution in [-0.2, 0) is 23.9 Å². The van der Waals surface area contributed by atoms with E-state index in [0.717, 1.165) is 19.3 Å². The zero-order valence-corrected chi connectivity index (χ0v) is 15.4. The second-order valence-electron chi connectivity index (χ2n) is 9.24. The molecule has 0 aromatic rings. The molecule has 5 fully saturated rings. The summed E-state index contributed by atoms with van der Waals surface area (Å²) >= 11 is 0. The zero-order valence-electron chi connectivity index (χ0n) is 15.4. The Labute approximate surface area is 153 Å². The van der Waals surface area contributed by atoms with E-state index in [-0.39, 0.29) is 41.8 Å². The smallest absolute Gasteiger partial charge is 0.320 e. The molecule has 0 unspecified atom stereocenters. The Morgan fingerprint density at radius 2 is 2.00 bits per heavy atom. The topological polar surface area (TPSA) is 69.7 Å². The van der Waals surface area contributed by atoms with Gasteiger partial charge in [-0.25, -0.2) is 0 Å². The molecule has 26 heavy (non-hydrogen) atoms. The van der Waals surface area contributed by atoms with E-state index < -0.39 is 5.41 Å². The molecule has 140 valence electrons. The van der Waals surface area contributed by atoms with Crippen LogP contribution in [0.3, 0.4) is 0 Å². The summed E-state index contributed by atoms with van der Waals surface area (Å²) in [6.07, 6.45) is 8.01. The van der Waals surface area contributed by atoms with Crippen molar-refractivity contribution in [3.63, 3.8) is 0 Å². The van der Waals surface area contributed by atoms with Crippen LogP contribution >= 0.6 is 0 Å². The van der Waals surface area contributed by atoms with Crippen LogP contribution in [0.5, 0.6) is 0 Å². The van der Waals surface area contributed by atoms with Crippen molar-refractivity contribution in [3.05, 3.63) is 12.2 Å². The first-order valence-electron chi connectivity index (χ1n) is 10.00. The van der Waals surface area contributed by atoms with E-state index in [0.29, 0.717) is 36.5 Å². The van der Waals surface area contributed by atoms with E-state index in [2.05, 4.69) is 19.1 Å². The van der Waals surface area contributed by atoms with Crippen molar-refractivity contribution in [1.82, 2.24) is 0 Å². The summed E-state index contributed by atoms with van der Waals surface area (Å²) in [6, 6.07) is 0. The van der Waals surface area contributed by atoms with Gasteiger partial charge in [0.1, 0.15) is 17.6 Å². The second-order valence-corrected chi connectivity index (χ2v) is 9.24. The van der Waals surface area contributed by atoms with E-state index in [9.17, 15) is 14.4 Å². The Morgan fingerprint density at radius 1 is 1.19 bits per heavy atom. The fourth-order valence-corrected chi connectivity index (χ4v) is 6.94. The third kappa shape index (κ3) is 2.06. The largest absolute Gasteiger partial charge is 0.462 e. The lowest BCUT2D eigenvalue weighted by Gasteiger charge is -2.56. The van der Waals surface area contributed by atoms with Crippen LogP contribution in [0, 0.1) is 40.9 Å². The molecule has 6 aliphatic rings. The van der Waals surface area contributed by atoms with Crippen LogP contribution in [-0.4, -0.2) is 29.9 Å². The maximum absolute atomic E-state index is 12.9. The SMILES string of the molecule is CC(=O)O[C@@H]1[C@H]2C=C[C@@H]3C[C@@H]4C[C@@H]5CC(=O)[C@@]4(C[C@@H]3[C@H]2C[C@@H]1C)C(=O)O5. The molecule has 0 aromatic carbocycles. The Morgan fingerprint density at radius 3 is 2.73 bits per heavy atom. The highest BCUT2D eigenvalue weighted by molar-refractivity contribution is 6.07. The minimum Gasteiger partial charge on any atom is -0.462 e. The molecule has 9 atom stereocenters. The van der Waals surface area contributed by atoms with Gasteiger partial charge in [-0.05, 0) is 55.3 Å². The predicted octanol–water partition coefficient (Wildman–Crippen LogP) is 2.68. The molecule has 2 aliphatic heterocycles. The van der Waals surface area contributed by atoms with Gasteiger partial charge in [0.15, 0.2) is 5.78 Å². The normalized spacial score (nSPS) is 51.3. The average Bonchev–Trinajstić information content (AvgIpc) is 2.88. The van der Waals surface area contributed by atoms with Gasteiger partial charge in [-0.1, -0.05) is 19.1 Å². The number of fused-ring (bicyclic) bond motifs is 5. The molecule has 4 aliphatic carbocycles. The van der Waals surface area contributed by atoms with E-state index in [1.807, 2.05) is 0 Å². The number of Topliss-reactive ketones (excluding diaryl/α,β-unsaturated/α-hetero) is 1. The molecule has 6 rings (SSSR count). The summed E-state index contributed by atoms with van der Waals surface area (Å²) in [5, 5.41) is 0. The minimum atomic E-state index is -0.894. The summed E-state index contributed by atoms with van der Waals surface area (Å²) in [7, 11) is 0. The lowest BCUT2D eigenvalue weighted by molar-refractivity contribution is -0.202. The summed E-state index contributed by atoms with van der Waals surface area (Å²) in [5.74, 6) is 1.37. The van der Waals surface area contributed by atoms with Crippen LogP contribution in [0.25, 0.3) is 0 Å². The fourth-order valence-electron chi connectivity index (χ4n) is 6.94. The highest BCUT2D eigenvalue weighted by atomic mass is 16.6. The van der Waals surface area contributed by atoms with Crippen LogP contribution in [0.15, 0.2) is 12.2 Å². The number of ketones is 1. The predicted molar refractivity (Wildman–Crippen MR) is 91.7 cm³/mol. The third-order valence-corrected chi connectivity index (χ3v) is 7.97. The summed E-state index contributed by atoms with van der Waals surface area (Å²) in [5.41, 5.74) is -0.894. The van der Waals surface area contributed by atoms with Crippen molar-refractivity contribution >= 4 is 17.7 Å². The van der Waals surface area contributed by atoms with Gasteiger partial charge in [-0.3, -0.25) is 14.4 Å². The summed E-state index contributed by atoms with van der Waals surface area (Å²) in [6.45, 7) is 3.61. The quantitative estimate of drug-likeness (QED) is 0.409. The average molecular weight is 358 g/mol. The molecule has 2 saturated heterocycles. The highest BCUT2D eigenvalue weighted by Gasteiger charge is 2.66. The van der Waals surface area contributed by atoms with E-state index in [1.54, 1.807) is 0 Å². The Kier molecular flexibility index (Phi) is 3.45. The number of esters is 2. The van der Waals surface area contributed by atoms with Crippen molar-refractivity contribution in [1.29, 1.82) is 0 Å². The molecular formula is C21H26O5. The number of rotatable bonds is 1. The summed E-state index contributed by atoms with van der Waals surface area (Å²) < 4.78 is 11.2. The van der Waals surface area contributed by atoms with Gasteiger partial charge in [-0.15, -0.1) is 0 Å². The first-order valence-corrected chi connectivity index (χ1v) is 10.00. The number of carbonyl (C=O) groups excluding carboxylic acids is 3. The molecule has 0 aromatic heterocycles. The second kappa shape index (κ2) is 5.43. The van der Waals surface area contributed by atoms with Crippen molar-refractivity contribution in [2.45, 2.75) is 58.2 Å².